The second kappa shape index (κ2) is 3.43. The van der Waals surface area contributed by atoms with E-state index in [1.54, 1.807) is 0 Å². The Kier molecular flexibility index (Phi) is 2.80. The molecule has 0 spiro atoms. The quantitative estimate of drug-likeness (QED) is 0.476. The van der Waals surface area contributed by atoms with Crippen LogP contribution < -0.4 is 0 Å². The first-order valence-electron chi connectivity index (χ1n) is 3.01. The molecule has 0 aromatic heterocycles. The molecule has 1 aliphatic rings. The highest BCUT2D eigenvalue weighted by atomic mass is 127. The van der Waals surface area contributed by atoms with Crippen LogP contribution in [-0.2, 0) is 0 Å². The van der Waals surface area contributed by atoms with Crippen molar-refractivity contribution in [3.05, 3.63) is 0 Å². The minimum Gasteiger partial charge on any atom is -0.293 e. The van der Waals surface area contributed by atoms with E-state index in [0.717, 1.165) is 11.0 Å². The maximum atomic E-state index is 4.36. The fourth-order valence-electron chi connectivity index (χ4n) is 0.866. The average Bonchev–Trinajstić information content (AvgIpc) is 1.90. The van der Waals surface area contributed by atoms with Crippen molar-refractivity contribution in [2.75, 3.05) is 11.0 Å². The zero-order valence-corrected chi connectivity index (χ0v) is 7.02. The van der Waals surface area contributed by atoms with Gasteiger partial charge in [-0.3, -0.25) is 4.99 Å². The lowest BCUT2D eigenvalue weighted by molar-refractivity contribution is 0.737. The SMILES string of the molecule is ICC1=NCCCC1. The van der Waals surface area contributed by atoms with Gasteiger partial charge in [0, 0.05) is 16.7 Å². The summed E-state index contributed by atoms with van der Waals surface area (Å²) in [4.78, 5) is 4.36. The van der Waals surface area contributed by atoms with Gasteiger partial charge in [0.25, 0.3) is 0 Å². The molecule has 0 aliphatic carbocycles. The van der Waals surface area contributed by atoms with Crippen LogP contribution in [0.3, 0.4) is 0 Å². The Morgan fingerprint density at radius 1 is 1.50 bits per heavy atom. The normalized spacial score (nSPS) is 20.4. The van der Waals surface area contributed by atoms with E-state index in [9.17, 15) is 0 Å². The molecule has 0 N–H and O–H groups in total. The molecule has 1 nitrogen and oxygen atoms in total. The van der Waals surface area contributed by atoms with Crippen LogP contribution in [0.2, 0.25) is 0 Å². The van der Waals surface area contributed by atoms with E-state index in [0.29, 0.717) is 0 Å². The van der Waals surface area contributed by atoms with Gasteiger partial charge >= 0.3 is 0 Å². The third-order valence-electron chi connectivity index (χ3n) is 1.36. The lowest BCUT2D eigenvalue weighted by Gasteiger charge is -2.07. The molecule has 0 unspecified atom stereocenters. The zero-order valence-electron chi connectivity index (χ0n) is 4.86. The van der Waals surface area contributed by atoms with Crippen LogP contribution >= 0.6 is 22.6 Å². The minimum absolute atomic E-state index is 1.08. The maximum absolute atomic E-state index is 4.36. The summed E-state index contributed by atoms with van der Waals surface area (Å²) >= 11 is 2.38. The van der Waals surface area contributed by atoms with Crippen molar-refractivity contribution >= 4 is 28.3 Å². The monoisotopic (exact) mass is 223 g/mol. The van der Waals surface area contributed by atoms with E-state index in [1.807, 2.05) is 0 Å². The summed E-state index contributed by atoms with van der Waals surface area (Å²) in [7, 11) is 0. The molecule has 0 radical (unpaired) electrons. The van der Waals surface area contributed by atoms with Gasteiger partial charge in [0.2, 0.25) is 0 Å². The topological polar surface area (TPSA) is 12.4 Å². The number of aliphatic imine (C=N–C) groups is 1. The molecule has 0 saturated heterocycles. The third-order valence-corrected chi connectivity index (χ3v) is 2.24. The van der Waals surface area contributed by atoms with Crippen molar-refractivity contribution in [2.24, 2.45) is 4.99 Å². The predicted molar refractivity (Wildman–Crippen MR) is 45.0 cm³/mol. The fourth-order valence-corrected chi connectivity index (χ4v) is 1.49. The molecule has 1 aliphatic heterocycles. The molecular formula is C6H10IN. The number of rotatable bonds is 1. The standard InChI is InChI=1S/C6H10IN/c7-5-6-3-1-2-4-8-6/h1-5H2. The van der Waals surface area contributed by atoms with Crippen LogP contribution in [0.15, 0.2) is 4.99 Å². The molecule has 1 heterocycles. The van der Waals surface area contributed by atoms with Crippen LogP contribution in [0.1, 0.15) is 19.3 Å². The largest absolute Gasteiger partial charge is 0.293 e. The van der Waals surface area contributed by atoms with Crippen LogP contribution in [0.5, 0.6) is 0 Å². The molecule has 0 atom stereocenters. The van der Waals surface area contributed by atoms with Gasteiger partial charge in [0.05, 0.1) is 0 Å². The Morgan fingerprint density at radius 2 is 2.38 bits per heavy atom. The third kappa shape index (κ3) is 1.73. The highest BCUT2D eigenvalue weighted by molar-refractivity contribution is 14.1. The Hall–Kier alpha value is 0.400. The number of hydrogen-bond donors (Lipinski definition) is 0. The van der Waals surface area contributed by atoms with E-state index < -0.39 is 0 Å². The van der Waals surface area contributed by atoms with Crippen LogP contribution in [0.25, 0.3) is 0 Å². The van der Waals surface area contributed by atoms with E-state index >= 15 is 0 Å². The maximum Gasteiger partial charge on any atom is 0.0389 e. The molecule has 0 aromatic carbocycles. The van der Waals surface area contributed by atoms with Gasteiger partial charge in [-0.05, 0) is 19.3 Å². The molecule has 0 saturated carbocycles. The van der Waals surface area contributed by atoms with Gasteiger partial charge in [0.15, 0.2) is 0 Å². The summed E-state index contributed by atoms with van der Waals surface area (Å²) in [6.45, 7) is 1.08. The Bertz CT molecular complexity index is 98.7. The number of alkyl halides is 1. The first kappa shape index (κ1) is 6.52. The second-order valence-electron chi connectivity index (χ2n) is 2.04. The number of hydrogen-bond acceptors (Lipinski definition) is 1. The lowest BCUT2D eigenvalue weighted by atomic mass is 10.1. The minimum atomic E-state index is 1.08. The van der Waals surface area contributed by atoms with E-state index in [2.05, 4.69) is 27.6 Å². The van der Waals surface area contributed by atoms with Crippen LogP contribution in [0, 0.1) is 0 Å². The molecule has 46 valence electrons. The van der Waals surface area contributed by atoms with E-state index in [1.165, 1.54) is 25.0 Å². The second-order valence-corrected chi connectivity index (χ2v) is 2.80. The van der Waals surface area contributed by atoms with E-state index in [-0.39, 0.29) is 0 Å². The van der Waals surface area contributed by atoms with E-state index in [4.69, 9.17) is 0 Å². The van der Waals surface area contributed by atoms with Gasteiger partial charge < -0.3 is 0 Å². The summed E-state index contributed by atoms with van der Waals surface area (Å²) in [6.07, 6.45) is 3.92. The van der Waals surface area contributed by atoms with Crippen molar-refractivity contribution in [3.63, 3.8) is 0 Å². The Labute approximate surface area is 63.7 Å². The average molecular weight is 223 g/mol. The number of halogens is 1. The lowest BCUT2D eigenvalue weighted by Crippen LogP contribution is -2.06. The van der Waals surface area contributed by atoms with Gasteiger partial charge in [-0.15, -0.1) is 0 Å². The molecule has 0 amide bonds. The Balaban J connectivity index is 2.37. The molecular weight excluding hydrogens is 213 g/mol. The smallest absolute Gasteiger partial charge is 0.0389 e. The van der Waals surface area contributed by atoms with Gasteiger partial charge in [-0.25, -0.2) is 0 Å². The first-order chi connectivity index (χ1) is 3.93. The first-order valence-corrected chi connectivity index (χ1v) is 4.54. The summed E-state index contributed by atoms with van der Waals surface area (Å²) < 4.78 is 1.14. The zero-order chi connectivity index (χ0) is 5.82. The number of nitrogens with zero attached hydrogens (tertiary/aromatic N) is 1. The summed E-state index contributed by atoms with van der Waals surface area (Å²) in [5, 5.41) is 0. The van der Waals surface area contributed by atoms with Crippen molar-refractivity contribution in [1.29, 1.82) is 0 Å². The summed E-state index contributed by atoms with van der Waals surface area (Å²) in [6, 6.07) is 0. The predicted octanol–water partition coefficient (Wildman–Crippen LogP) is 2.05. The molecule has 0 aromatic rings. The van der Waals surface area contributed by atoms with Crippen LogP contribution in [-0.4, -0.2) is 16.7 Å². The van der Waals surface area contributed by atoms with Crippen LogP contribution in [0.4, 0.5) is 0 Å². The van der Waals surface area contributed by atoms with Crippen molar-refractivity contribution in [3.8, 4) is 0 Å². The molecule has 8 heavy (non-hydrogen) atoms. The van der Waals surface area contributed by atoms with Crippen molar-refractivity contribution in [2.45, 2.75) is 19.3 Å². The molecule has 2 heteroatoms. The van der Waals surface area contributed by atoms with Gasteiger partial charge in [-0.1, -0.05) is 22.6 Å². The fraction of sp³-hybridized carbons (Fsp3) is 0.833. The highest BCUT2D eigenvalue weighted by Crippen LogP contribution is 2.06. The van der Waals surface area contributed by atoms with Crippen molar-refractivity contribution < 1.29 is 0 Å². The van der Waals surface area contributed by atoms with Gasteiger partial charge in [0.1, 0.15) is 0 Å². The Morgan fingerprint density at radius 3 is 2.75 bits per heavy atom. The van der Waals surface area contributed by atoms with Gasteiger partial charge in [-0.2, -0.15) is 0 Å². The molecule has 0 bridgehead atoms. The summed E-state index contributed by atoms with van der Waals surface area (Å²) in [5.74, 6) is 0. The molecule has 1 rings (SSSR count). The highest BCUT2D eigenvalue weighted by Gasteiger charge is 2.01. The van der Waals surface area contributed by atoms with Crippen molar-refractivity contribution in [1.82, 2.24) is 0 Å². The molecule has 0 fully saturated rings. The summed E-state index contributed by atoms with van der Waals surface area (Å²) in [5.41, 5.74) is 1.41.